The lowest BCUT2D eigenvalue weighted by atomic mass is 9.95. The summed E-state index contributed by atoms with van der Waals surface area (Å²) in [5, 5.41) is 12.0. The number of carbonyl (C=O) groups excluding carboxylic acids is 1. The van der Waals surface area contributed by atoms with E-state index >= 15 is 0 Å². The predicted octanol–water partition coefficient (Wildman–Crippen LogP) is 1.38. The van der Waals surface area contributed by atoms with Gasteiger partial charge in [0.15, 0.2) is 5.78 Å². The quantitative estimate of drug-likeness (QED) is 0.788. The summed E-state index contributed by atoms with van der Waals surface area (Å²) in [4.78, 5) is 22.5. The van der Waals surface area contributed by atoms with E-state index in [2.05, 4.69) is 5.32 Å². The van der Waals surface area contributed by atoms with E-state index in [9.17, 15) is 9.59 Å². The van der Waals surface area contributed by atoms with Gasteiger partial charge in [0.25, 0.3) is 0 Å². The zero-order valence-electron chi connectivity index (χ0n) is 8.77. The molecule has 16 heavy (non-hydrogen) atoms. The number of carbonyl (C=O) groups is 2. The number of benzene rings is 1. The average Bonchev–Trinajstić information content (AvgIpc) is 2.30. The minimum Gasteiger partial charge on any atom is -0.478 e. The highest BCUT2D eigenvalue weighted by Crippen LogP contribution is 2.20. The molecule has 1 aromatic rings. The summed E-state index contributed by atoms with van der Waals surface area (Å²) in [6.07, 6.45) is 1.42. The predicted molar refractivity (Wildman–Crippen MR) is 58.4 cm³/mol. The highest BCUT2D eigenvalue weighted by atomic mass is 16.4. The van der Waals surface area contributed by atoms with Gasteiger partial charge in [0.05, 0.1) is 11.6 Å². The lowest BCUT2D eigenvalue weighted by Crippen LogP contribution is -2.34. The minimum absolute atomic E-state index is 0.133. The first-order chi connectivity index (χ1) is 7.68. The molecule has 1 fully saturated rings. The van der Waals surface area contributed by atoms with Crippen molar-refractivity contribution in [2.24, 2.45) is 0 Å². The van der Waals surface area contributed by atoms with Gasteiger partial charge in [-0.25, -0.2) is 4.79 Å². The summed E-state index contributed by atoms with van der Waals surface area (Å²) in [5.74, 6) is -0.834. The van der Waals surface area contributed by atoms with Gasteiger partial charge in [0, 0.05) is 6.42 Å². The number of carboxylic acid groups (broad SMARTS) is 1. The van der Waals surface area contributed by atoms with Crippen molar-refractivity contribution in [1.29, 1.82) is 0 Å². The number of aromatic carboxylic acids is 1. The third kappa shape index (κ3) is 2.12. The van der Waals surface area contributed by atoms with Crippen molar-refractivity contribution in [2.75, 3.05) is 6.54 Å². The molecule has 1 atom stereocenters. The van der Waals surface area contributed by atoms with Crippen LogP contribution in [0.2, 0.25) is 0 Å². The number of Topliss-reactive ketones (excluding diaryl/α,β-unsaturated/α-hetero) is 1. The molecule has 0 spiro atoms. The Bertz CT molecular complexity index is 428. The highest BCUT2D eigenvalue weighted by Gasteiger charge is 2.23. The SMILES string of the molecule is O=C(O)c1cccc(C2NCCCC2=O)c1. The molecule has 1 aliphatic rings. The summed E-state index contributed by atoms with van der Waals surface area (Å²) in [6.45, 7) is 0.799. The van der Waals surface area contributed by atoms with E-state index in [0.717, 1.165) is 18.5 Å². The van der Waals surface area contributed by atoms with Crippen LogP contribution in [-0.2, 0) is 4.79 Å². The fourth-order valence-corrected chi connectivity index (χ4v) is 1.92. The summed E-state index contributed by atoms with van der Waals surface area (Å²) in [6, 6.07) is 6.20. The van der Waals surface area contributed by atoms with E-state index in [1.54, 1.807) is 18.2 Å². The lowest BCUT2D eigenvalue weighted by molar-refractivity contribution is -0.122. The molecule has 0 aliphatic carbocycles. The van der Waals surface area contributed by atoms with Crippen LogP contribution in [0.3, 0.4) is 0 Å². The molecular formula is C12H13NO3. The Morgan fingerprint density at radius 3 is 2.94 bits per heavy atom. The molecule has 4 nitrogen and oxygen atoms in total. The van der Waals surface area contributed by atoms with Crippen LogP contribution >= 0.6 is 0 Å². The maximum absolute atomic E-state index is 11.7. The van der Waals surface area contributed by atoms with Crippen molar-refractivity contribution in [3.63, 3.8) is 0 Å². The van der Waals surface area contributed by atoms with Gasteiger partial charge in [-0.3, -0.25) is 4.79 Å². The molecule has 2 rings (SSSR count). The molecule has 0 bridgehead atoms. The van der Waals surface area contributed by atoms with Crippen molar-refractivity contribution in [3.05, 3.63) is 35.4 Å². The zero-order valence-corrected chi connectivity index (χ0v) is 8.77. The summed E-state index contributed by atoms with van der Waals surface area (Å²) in [7, 11) is 0. The highest BCUT2D eigenvalue weighted by molar-refractivity contribution is 5.89. The fraction of sp³-hybridized carbons (Fsp3) is 0.333. The number of hydrogen-bond acceptors (Lipinski definition) is 3. The lowest BCUT2D eigenvalue weighted by Gasteiger charge is -2.22. The van der Waals surface area contributed by atoms with E-state index in [1.807, 2.05) is 0 Å². The topological polar surface area (TPSA) is 66.4 Å². The van der Waals surface area contributed by atoms with Crippen molar-refractivity contribution in [3.8, 4) is 0 Å². The van der Waals surface area contributed by atoms with Gasteiger partial charge in [-0.05, 0) is 30.7 Å². The van der Waals surface area contributed by atoms with Gasteiger partial charge in [0.1, 0.15) is 0 Å². The summed E-state index contributed by atoms with van der Waals surface area (Å²) >= 11 is 0. The molecule has 0 aromatic heterocycles. The molecule has 1 aromatic carbocycles. The zero-order chi connectivity index (χ0) is 11.5. The van der Waals surface area contributed by atoms with Crippen molar-refractivity contribution in [1.82, 2.24) is 5.32 Å². The Morgan fingerprint density at radius 2 is 2.25 bits per heavy atom. The smallest absolute Gasteiger partial charge is 0.335 e. The van der Waals surface area contributed by atoms with Gasteiger partial charge in [-0.1, -0.05) is 12.1 Å². The second-order valence-electron chi connectivity index (χ2n) is 3.89. The number of nitrogens with one attached hydrogen (secondary N) is 1. The fourth-order valence-electron chi connectivity index (χ4n) is 1.92. The van der Waals surface area contributed by atoms with Crippen LogP contribution < -0.4 is 5.32 Å². The average molecular weight is 219 g/mol. The second kappa shape index (κ2) is 4.45. The van der Waals surface area contributed by atoms with Gasteiger partial charge in [-0.15, -0.1) is 0 Å². The van der Waals surface area contributed by atoms with Crippen molar-refractivity contribution < 1.29 is 14.7 Å². The molecule has 1 aliphatic heterocycles. The largest absolute Gasteiger partial charge is 0.478 e. The Balaban J connectivity index is 2.28. The van der Waals surface area contributed by atoms with E-state index in [4.69, 9.17) is 5.11 Å². The van der Waals surface area contributed by atoms with Gasteiger partial charge in [-0.2, -0.15) is 0 Å². The summed E-state index contributed by atoms with van der Waals surface area (Å²) in [5.41, 5.74) is 0.960. The Hall–Kier alpha value is -1.68. The van der Waals surface area contributed by atoms with Gasteiger partial charge in [0.2, 0.25) is 0 Å². The minimum atomic E-state index is -0.967. The van der Waals surface area contributed by atoms with Gasteiger partial charge < -0.3 is 10.4 Å². The van der Waals surface area contributed by atoms with Crippen LogP contribution in [0.1, 0.15) is 34.8 Å². The van der Waals surface area contributed by atoms with Crippen LogP contribution in [0.25, 0.3) is 0 Å². The number of hydrogen-bond donors (Lipinski definition) is 2. The second-order valence-corrected chi connectivity index (χ2v) is 3.89. The molecule has 84 valence electrons. The Labute approximate surface area is 93.3 Å². The van der Waals surface area contributed by atoms with Crippen molar-refractivity contribution in [2.45, 2.75) is 18.9 Å². The van der Waals surface area contributed by atoms with Gasteiger partial charge >= 0.3 is 5.97 Å². The van der Waals surface area contributed by atoms with E-state index in [0.29, 0.717) is 6.42 Å². The third-order valence-corrected chi connectivity index (χ3v) is 2.74. The molecule has 0 amide bonds. The maximum Gasteiger partial charge on any atom is 0.335 e. The first-order valence-electron chi connectivity index (χ1n) is 5.28. The van der Waals surface area contributed by atoms with E-state index < -0.39 is 5.97 Å². The van der Waals surface area contributed by atoms with Crippen molar-refractivity contribution >= 4 is 11.8 Å². The van der Waals surface area contributed by atoms with Crippen LogP contribution in [0.5, 0.6) is 0 Å². The monoisotopic (exact) mass is 219 g/mol. The number of ketones is 1. The van der Waals surface area contributed by atoms with Crippen LogP contribution in [0.4, 0.5) is 0 Å². The molecule has 0 saturated carbocycles. The molecule has 2 N–H and O–H groups in total. The molecule has 0 radical (unpaired) electrons. The maximum atomic E-state index is 11.7. The molecule has 1 saturated heterocycles. The number of carboxylic acids is 1. The normalized spacial score (nSPS) is 20.8. The van der Waals surface area contributed by atoms with E-state index in [1.165, 1.54) is 6.07 Å². The third-order valence-electron chi connectivity index (χ3n) is 2.74. The molecule has 4 heteroatoms. The standard InChI is InChI=1S/C12H13NO3/c14-10-5-2-6-13-11(10)8-3-1-4-9(7-8)12(15)16/h1,3-4,7,11,13H,2,5-6H2,(H,15,16). The van der Waals surface area contributed by atoms with Crippen LogP contribution in [0, 0.1) is 0 Å². The molecule has 1 unspecified atom stereocenters. The molecule has 1 heterocycles. The summed E-state index contributed by atoms with van der Waals surface area (Å²) < 4.78 is 0. The Morgan fingerprint density at radius 1 is 1.44 bits per heavy atom. The number of rotatable bonds is 2. The number of piperidine rings is 1. The van der Waals surface area contributed by atoms with Crippen LogP contribution in [-0.4, -0.2) is 23.4 Å². The Kier molecular flexibility index (Phi) is 3.01. The first-order valence-corrected chi connectivity index (χ1v) is 5.28. The first kappa shape index (κ1) is 10.8. The van der Waals surface area contributed by atoms with Crippen LogP contribution in [0.15, 0.2) is 24.3 Å². The molecular weight excluding hydrogens is 206 g/mol. The van der Waals surface area contributed by atoms with E-state index in [-0.39, 0.29) is 17.4 Å².